The minimum atomic E-state index is 0.662. The van der Waals surface area contributed by atoms with Crippen molar-refractivity contribution in [2.45, 2.75) is 20.8 Å². The Hall–Kier alpha value is -1.18. The average molecular weight is 283 g/mol. The summed E-state index contributed by atoms with van der Waals surface area (Å²) in [6.07, 6.45) is 0. The summed E-state index contributed by atoms with van der Waals surface area (Å²) < 4.78 is 5.70. The third-order valence-corrected chi connectivity index (χ3v) is 2.68. The van der Waals surface area contributed by atoms with Crippen molar-refractivity contribution < 1.29 is 4.74 Å². The van der Waals surface area contributed by atoms with Gasteiger partial charge in [-0.15, -0.1) is 0 Å². The minimum Gasteiger partial charge on any atom is -0.457 e. The zero-order chi connectivity index (χ0) is 13.5. The summed E-state index contributed by atoms with van der Waals surface area (Å²) in [6, 6.07) is 12.8. The number of hydrogen-bond donors (Lipinski definition) is 0. The maximum atomic E-state index is 5.91. The van der Waals surface area contributed by atoms with Crippen LogP contribution in [-0.2, 0) is 0 Å². The van der Waals surface area contributed by atoms with Gasteiger partial charge < -0.3 is 4.74 Å². The van der Waals surface area contributed by atoms with Gasteiger partial charge in [-0.1, -0.05) is 43.1 Å². The number of halogens is 2. The summed E-state index contributed by atoms with van der Waals surface area (Å²) >= 11 is 11.7. The van der Waals surface area contributed by atoms with Crippen LogP contribution in [0.4, 0.5) is 0 Å². The molecule has 96 valence electrons. The predicted molar refractivity (Wildman–Crippen MR) is 79.1 cm³/mol. The van der Waals surface area contributed by atoms with Gasteiger partial charge in [0.15, 0.2) is 0 Å². The van der Waals surface area contributed by atoms with Gasteiger partial charge in [-0.3, -0.25) is 0 Å². The van der Waals surface area contributed by atoms with Gasteiger partial charge in [0.05, 0.1) is 0 Å². The Morgan fingerprint density at radius 3 is 2.00 bits per heavy atom. The molecule has 0 heterocycles. The van der Waals surface area contributed by atoms with E-state index in [-0.39, 0.29) is 0 Å². The predicted octanol–water partition coefficient (Wildman–Crippen LogP) is 6.12. The van der Waals surface area contributed by atoms with Gasteiger partial charge >= 0.3 is 0 Å². The second-order valence-electron chi connectivity index (χ2n) is 3.47. The van der Waals surface area contributed by atoms with Crippen molar-refractivity contribution in [3.8, 4) is 11.5 Å². The SMILES string of the molecule is CC.Cc1ccc(Cl)cc1Oc1ccc(Cl)cc1. The van der Waals surface area contributed by atoms with E-state index in [1.54, 1.807) is 18.2 Å². The molecule has 0 amide bonds. The van der Waals surface area contributed by atoms with E-state index < -0.39 is 0 Å². The van der Waals surface area contributed by atoms with Gasteiger partial charge in [0.25, 0.3) is 0 Å². The maximum absolute atomic E-state index is 5.91. The van der Waals surface area contributed by atoms with E-state index in [1.807, 2.05) is 45.0 Å². The molecule has 0 atom stereocenters. The zero-order valence-electron chi connectivity index (χ0n) is 10.7. The van der Waals surface area contributed by atoms with Crippen molar-refractivity contribution in [1.82, 2.24) is 0 Å². The van der Waals surface area contributed by atoms with E-state index in [0.29, 0.717) is 10.0 Å². The van der Waals surface area contributed by atoms with E-state index in [1.165, 1.54) is 0 Å². The van der Waals surface area contributed by atoms with Crippen molar-refractivity contribution in [2.24, 2.45) is 0 Å². The van der Waals surface area contributed by atoms with Gasteiger partial charge in [0, 0.05) is 10.0 Å². The highest BCUT2D eigenvalue weighted by Crippen LogP contribution is 2.28. The fraction of sp³-hybridized carbons (Fsp3) is 0.200. The normalized spacial score (nSPS) is 9.39. The average Bonchev–Trinajstić information content (AvgIpc) is 2.39. The van der Waals surface area contributed by atoms with Crippen LogP contribution in [0.25, 0.3) is 0 Å². The summed E-state index contributed by atoms with van der Waals surface area (Å²) in [5, 5.41) is 1.35. The van der Waals surface area contributed by atoms with E-state index in [0.717, 1.165) is 17.1 Å². The Kier molecular flexibility index (Phi) is 6.03. The monoisotopic (exact) mass is 282 g/mol. The van der Waals surface area contributed by atoms with E-state index >= 15 is 0 Å². The summed E-state index contributed by atoms with van der Waals surface area (Å²) in [6.45, 7) is 5.97. The van der Waals surface area contributed by atoms with E-state index in [2.05, 4.69) is 0 Å². The number of hydrogen-bond acceptors (Lipinski definition) is 1. The Morgan fingerprint density at radius 2 is 1.39 bits per heavy atom. The second kappa shape index (κ2) is 7.30. The maximum Gasteiger partial charge on any atom is 0.131 e. The van der Waals surface area contributed by atoms with Crippen LogP contribution >= 0.6 is 23.2 Å². The summed E-state index contributed by atoms with van der Waals surface area (Å²) in [5.41, 5.74) is 1.04. The topological polar surface area (TPSA) is 9.23 Å². The smallest absolute Gasteiger partial charge is 0.131 e. The van der Waals surface area contributed by atoms with Gasteiger partial charge in [0.1, 0.15) is 11.5 Å². The first-order valence-electron chi connectivity index (χ1n) is 5.85. The van der Waals surface area contributed by atoms with Crippen LogP contribution in [-0.4, -0.2) is 0 Å². The molecule has 0 N–H and O–H groups in total. The summed E-state index contributed by atoms with van der Waals surface area (Å²) in [4.78, 5) is 0. The quantitative estimate of drug-likeness (QED) is 0.645. The molecule has 2 aromatic rings. The van der Waals surface area contributed by atoms with Gasteiger partial charge in [-0.25, -0.2) is 0 Å². The minimum absolute atomic E-state index is 0.662. The molecule has 0 saturated heterocycles. The van der Waals surface area contributed by atoms with Gasteiger partial charge in [-0.05, 0) is 48.9 Å². The van der Waals surface area contributed by atoms with Gasteiger partial charge in [-0.2, -0.15) is 0 Å². The number of rotatable bonds is 2. The molecule has 0 aliphatic heterocycles. The standard InChI is InChI=1S/C13H10Cl2O.C2H6/c1-9-2-3-11(15)8-13(9)16-12-6-4-10(14)5-7-12;1-2/h2-8H,1H3;1-2H3. The summed E-state index contributed by atoms with van der Waals surface area (Å²) in [7, 11) is 0. The molecule has 0 aromatic heterocycles. The van der Waals surface area contributed by atoms with Crippen molar-refractivity contribution in [3.05, 3.63) is 58.1 Å². The van der Waals surface area contributed by atoms with E-state index in [9.17, 15) is 0 Å². The van der Waals surface area contributed by atoms with Crippen molar-refractivity contribution in [3.63, 3.8) is 0 Å². The number of ether oxygens (including phenoxy) is 1. The molecule has 1 nitrogen and oxygen atoms in total. The Balaban J connectivity index is 0.000000771. The molecule has 0 aliphatic carbocycles. The van der Waals surface area contributed by atoms with Crippen LogP contribution in [0.3, 0.4) is 0 Å². The molecular weight excluding hydrogens is 267 g/mol. The molecule has 18 heavy (non-hydrogen) atoms. The Labute approximate surface area is 118 Å². The molecule has 2 rings (SSSR count). The lowest BCUT2D eigenvalue weighted by Gasteiger charge is -2.08. The molecule has 0 aliphatic rings. The lowest BCUT2D eigenvalue weighted by molar-refractivity contribution is 0.479. The van der Waals surface area contributed by atoms with Crippen LogP contribution in [0.2, 0.25) is 10.0 Å². The lowest BCUT2D eigenvalue weighted by Crippen LogP contribution is -1.87. The van der Waals surface area contributed by atoms with Crippen LogP contribution in [0.5, 0.6) is 11.5 Å². The fourth-order valence-electron chi connectivity index (χ4n) is 1.31. The van der Waals surface area contributed by atoms with Crippen LogP contribution < -0.4 is 4.74 Å². The molecule has 0 unspecified atom stereocenters. The zero-order valence-corrected chi connectivity index (χ0v) is 12.2. The van der Waals surface area contributed by atoms with Crippen LogP contribution in [0.15, 0.2) is 42.5 Å². The van der Waals surface area contributed by atoms with Crippen LogP contribution in [0.1, 0.15) is 19.4 Å². The van der Waals surface area contributed by atoms with Gasteiger partial charge in [0.2, 0.25) is 0 Å². The molecule has 2 aromatic carbocycles. The molecule has 0 saturated carbocycles. The van der Waals surface area contributed by atoms with Crippen molar-refractivity contribution >= 4 is 23.2 Å². The first-order chi connectivity index (χ1) is 8.65. The number of benzene rings is 2. The van der Waals surface area contributed by atoms with Crippen molar-refractivity contribution in [1.29, 1.82) is 0 Å². The fourth-order valence-corrected chi connectivity index (χ4v) is 1.60. The molecule has 3 heteroatoms. The molecule has 0 fully saturated rings. The molecule has 0 bridgehead atoms. The third-order valence-electron chi connectivity index (χ3n) is 2.19. The second-order valence-corrected chi connectivity index (χ2v) is 4.34. The highest BCUT2D eigenvalue weighted by molar-refractivity contribution is 6.31. The van der Waals surface area contributed by atoms with E-state index in [4.69, 9.17) is 27.9 Å². The molecule has 0 radical (unpaired) electrons. The first kappa shape index (κ1) is 14.9. The Morgan fingerprint density at radius 1 is 0.833 bits per heavy atom. The summed E-state index contributed by atoms with van der Waals surface area (Å²) in [5.74, 6) is 1.50. The van der Waals surface area contributed by atoms with Crippen molar-refractivity contribution in [2.75, 3.05) is 0 Å². The lowest BCUT2D eigenvalue weighted by atomic mass is 10.2. The highest BCUT2D eigenvalue weighted by Gasteiger charge is 2.02. The largest absolute Gasteiger partial charge is 0.457 e. The molecular formula is C15H16Cl2O. The molecule has 0 spiro atoms. The first-order valence-corrected chi connectivity index (χ1v) is 6.60. The van der Waals surface area contributed by atoms with Crippen LogP contribution in [0, 0.1) is 6.92 Å². The third kappa shape index (κ3) is 4.25. The number of aryl methyl sites for hydroxylation is 1. The highest BCUT2D eigenvalue weighted by atomic mass is 35.5. The Bertz CT molecular complexity index is 492.